The maximum atomic E-state index is 14.2. The summed E-state index contributed by atoms with van der Waals surface area (Å²) >= 11 is 0. The molecule has 0 atom stereocenters. The predicted molar refractivity (Wildman–Crippen MR) is 138 cm³/mol. The van der Waals surface area contributed by atoms with Crippen LogP contribution in [0.15, 0.2) is 84.1 Å². The summed E-state index contributed by atoms with van der Waals surface area (Å²) in [7, 11) is -3.10. The zero-order valence-electron chi connectivity index (χ0n) is 19.9. The van der Waals surface area contributed by atoms with Gasteiger partial charge in [-0.1, -0.05) is 12.1 Å². The highest BCUT2D eigenvalue weighted by atomic mass is 32.2. The van der Waals surface area contributed by atoms with Crippen LogP contribution in [0.25, 0.3) is 33.2 Å². The first-order valence-corrected chi connectivity index (χ1v) is 12.7. The fourth-order valence-corrected chi connectivity index (χ4v) is 5.10. The van der Waals surface area contributed by atoms with Gasteiger partial charge in [0.25, 0.3) is 10.0 Å². The summed E-state index contributed by atoms with van der Waals surface area (Å²) in [4.78, 5) is 12.2. The van der Waals surface area contributed by atoms with Crippen molar-refractivity contribution in [1.29, 1.82) is 0 Å². The van der Waals surface area contributed by atoms with Gasteiger partial charge in [-0.15, -0.1) is 0 Å². The van der Waals surface area contributed by atoms with Crippen LogP contribution < -0.4 is 9.46 Å². The van der Waals surface area contributed by atoms with Crippen molar-refractivity contribution < 1.29 is 27.0 Å². The Morgan fingerprint density at radius 1 is 0.895 bits per heavy atom. The van der Waals surface area contributed by atoms with Crippen molar-refractivity contribution in [2.75, 3.05) is 11.8 Å². The van der Waals surface area contributed by atoms with Gasteiger partial charge in [0.1, 0.15) is 22.2 Å². The number of hydrogen-bond acceptors (Lipinski definition) is 7. The number of sulfonamides is 1. The maximum absolute atomic E-state index is 14.2. The molecule has 0 amide bonds. The Morgan fingerprint density at radius 3 is 2.39 bits per heavy atom. The van der Waals surface area contributed by atoms with Crippen molar-refractivity contribution in [1.82, 2.24) is 15.0 Å². The topological polar surface area (TPSA) is 114 Å². The predicted octanol–water partition coefficient (Wildman–Crippen LogP) is 4.94. The summed E-state index contributed by atoms with van der Waals surface area (Å²) in [6, 6.07) is 14.7. The number of aliphatic hydroxyl groups is 1. The maximum Gasteiger partial charge on any atom is 0.264 e. The number of nitrogens with zero attached hydrogens (tertiary/aromatic N) is 3. The zero-order valence-corrected chi connectivity index (χ0v) is 20.7. The quantitative estimate of drug-likeness (QED) is 0.304. The van der Waals surface area contributed by atoms with E-state index >= 15 is 0 Å². The first-order chi connectivity index (χ1) is 18.3. The number of nitrogens with one attached hydrogen (secondary N) is 1. The minimum atomic E-state index is -4.42. The molecule has 38 heavy (non-hydrogen) atoms. The van der Waals surface area contributed by atoms with Gasteiger partial charge in [0, 0.05) is 41.2 Å². The molecule has 0 aliphatic rings. The molecule has 0 saturated carbocycles. The third-order valence-electron chi connectivity index (χ3n) is 5.84. The number of aromatic nitrogens is 3. The molecule has 0 unspecified atom stereocenters. The van der Waals surface area contributed by atoms with E-state index in [0.717, 1.165) is 34.2 Å². The fraction of sp³-hybridized carbons (Fsp3) is 0.0741. The van der Waals surface area contributed by atoms with Gasteiger partial charge in [-0.2, -0.15) is 0 Å². The van der Waals surface area contributed by atoms with E-state index in [4.69, 9.17) is 4.74 Å². The monoisotopic (exact) mass is 534 g/mol. The minimum absolute atomic E-state index is 0.0241. The minimum Gasteiger partial charge on any atom is -0.480 e. The molecular formula is C27H20F2N4O4S. The van der Waals surface area contributed by atoms with Crippen molar-refractivity contribution in [3.63, 3.8) is 0 Å². The van der Waals surface area contributed by atoms with Gasteiger partial charge < -0.3 is 9.84 Å². The highest BCUT2D eigenvalue weighted by Gasteiger charge is 2.22. The lowest BCUT2D eigenvalue weighted by atomic mass is 9.98. The number of ether oxygens (including phenoxy) is 1. The third kappa shape index (κ3) is 4.89. The van der Waals surface area contributed by atoms with Crippen LogP contribution in [0.2, 0.25) is 0 Å². The molecule has 11 heteroatoms. The van der Waals surface area contributed by atoms with Crippen LogP contribution in [0.4, 0.5) is 14.5 Å². The molecular weight excluding hydrogens is 514 g/mol. The van der Waals surface area contributed by atoms with E-state index < -0.39 is 26.6 Å². The zero-order chi connectivity index (χ0) is 26.9. The Bertz CT molecular complexity index is 1760. The van der Waals surface area contributed by atoms with Crippen LogP contribution >= 0.6 is 0 Å². The number of aliphatic hydroxyl groups excluding tert-OH is 1. The number of anilines is 1. The number of fused-ring (bicyclic) bond motifs is 1. The summed E-state index contributed by atoms with van der Waals surface area (Å²) < 4.78 is 60.8. The molecule has 8 nitrogen and oxygen atoms in total. The van der Waals surface area contributed by atoms with Gasteiger partial charge >= 0.3 is 0 Å². The van der Waals surface area contributed by atoms with Gasteiger partial charge in [-0.25, -0.2) is 22.2 Å². The molecule has 0 aliphatic heterocycles. The molecule has 2 aromatic carbocycles. The first-order valence-electron chi connectivity index (χ1n) is 11.3. The van der Waals surface area contributed by atoms with E-state index in [2.05, 4.69) is 19.7 Å². The number of halogens is 2. The number of rotatable bonds is 7. The lowest BCUT2D eigenvalue weighted by molar-refractivity contribution is 0.277. The van der Waals surface area contributed by atoms with Crippen LogP contribution in [0.5, 0.6) is 5.88 Å². The second kappa shape index (κ2) is 10.1. The van der Waals surface area contributed by atoms with E-state index in [1.54, 1.807) is 18.5 Å². The molecule has 3 aromatic heterocycles. The summed E-state index contributed by atoms with van der Waals surface area (Å²) in [5.41, 5.74) is 4.20. The fourth-order valence-electron chi connectivity index (χ4n) is 3.99. The van der Waals surface area contributed by atoms with Gasteiger partial charge in [0.2, 0.25) is 5.88 Å². The normalized spacial score (nSPS) is 11.5. The summed E-state index contributed by atoms with van der Waals surface area (Å²) in [5.74, 6) is -2.15. The molecule has 5 aromatic rings. The average molecular weight is 535 g/mol. The highest BCUT2D eigenvalue weighted by Crippen LogP contribution is 2.34. The van der Waals surface area contributed by atoms with Crippen molar-refractivity contribution in [3.05, 3.63) is 96.6 Å². The number of hydrogen-bond donors (Lipinski definition) is 2. The van der Waals surface area contributed by atoms with Crippen LogP contribution in [-0.4, -0.2) is 35.6 Å². The lowest BCUT2D eigenvalue weighted by Gasteiger charge is -2.14. The van der Waals surface area contributed by atoms with Crippen LogP contribution in [0.1, 0.15) is 5.69 Å². The molecule has 3 heterocycles. The Morgan fingerprint density at radius 2 is 1.68 bits per heavy atom. The third-order valence-corrected chi connectivity index (χ3v) is 7.24. The van der Waals surface area contributed by atoms with E-state index in [0.29, 0.717) is 22.9 Å². The average Bonchev–Trinajstić information content (AvgIpc) is 2.92. The smallest absolute Gasteiger partial charge is 0.264 e. The standard InChI is InChI=1S/C27H20F2N4O4S/c1-37-27-25(33-38(35,36)26-7-4-19(28)12-23(26)29)11-18(14-32-27)16-3-6-24-22(10-16)21(8-9-30-24)17-2-5-20(15-34)31-13-17/h2-14,33-34H,15H2,1H3. The Kier molecular flexibility index (Phi) is 6.70. The summed E-state index contributed by atoms with van der Waals surface area (Å²) in [6.07, 6.45) is 4.88. The SMILES string of the molecule is COc1ncc(-c2ccc3nccc(-c4ccc(CO)nc4)c3c2)cc1NS(=O)(=O)c1ccc(F)cc1F. The Hall–Kier alpha value is -4.48. The first kappa shape index (κ1) is 25.2. The molecule has 0 saturated heterocycles. The van der Waals surface area contributed by atoms with E-state index in [1.807, 2.05) is 30.3 Å². The highest BCUT2D eigenvalue weighted by molar-refractivity contribution is 7.92. The lowest BCUT2D eigenvalue weighted by Crippen LogP contribution is -2.15. The summed E-state index contributed by atoms with van der Waals surface area (Å²) in [6.45, 7) is -0.161. The number of pyridine rings is 3. The van der Waals surface area contributed by atoms with E-state index in [-0.39, 0.29) is 18.2 Å². The number of methoxy groups -OCH3 is 1. The van der Waals surface area contributed by atoms with Crippen molar-refractivity contribution >= 4 is 26.6 Å². The van der Waals surface area contributed by atoms with Crippen LogP contribution in [0, 0.1) is 11.6 Å². The molecule has 0 radical (unpaired) electrons. The van der Waals surface area contributed by atoms with Crippen molar-refractivity contribution in [2.45, 2.75) is 11.5 Å². The molecule has 192 valence electrons. The van der Waals surface area contributed by atoms with Crippen molar-refractivity contribution in [2.24, 2.45) is 0 Å². The second-order valence-electron chi connectivity index (χ2n) is 8.25. The van der Waals surface area contributed by atoms with Crippen LogP contribution in [-0.2, 0) is 16.6 Å². The molecule has 0 spiro atoms. The number of benzene rings is 2. The van der Waals surface area contributed by atoms with E-state index in [9.17, 15) is 22.3 Å². The van der Waals surface area contributed by atoms with Gasteiger partial charge in [-0.05, 0) is 53.6 Å². The molecule has 0 aliphatic carbocycles. The van der Waals surface area contributed by atoms with Gasteiger partial charge in [-0.3, -0.25) is 14.7 Å². The summed E-state index contributed by atoms with van der Waals surface area (Å²) in [5, 5.41) is 10.1. The largest absolute Gasteiger partial charge is 0.480 e. The van der Waals surface area contributed by atoms with E-state index in [1.165, 1.54) is 19.4 Å². The molecule has 0 fully saturated rings. The molecule has 5 rings (SSSR count). The van der Waals surface area contributed by atoms with Gasteiger partial charge in [0.05, 0.1) is 24.9 Å². The molecule has 0 bridgehead atoms. The molecule has 2 N–H and O–H groups in total. The Balaban J connectivity index is 1.57. The Labute approximate surface area is 216 Å². The van der Waals surface area contributed by atoms with Crippen molar-refractivity contribution in [3.8, 4) is 28.1 Å². The van der Waals surface area contributed by atoms with Crippen LogP contribution in [0.3, 0.4) is 0 Å². The van der Waals surface area contributed by atoms with Gasteiger partial charge in [0.15, 0.2) is 0 Å². The second-order valence-corrected chi connectivity index (χ2v) is 9.90.